The Hall–Kier alpha value is -0.440. The van der Waals surface area contributed by atoms with Gasteiger partial charge in [0.05, 0.1) is 19.8 Å². The lowest BCUT2D eigenvalue weighted by Gasteiger charge is -2.42. The maximum atomic E-state index is 10.3. The molecule has 208 valence electrons. The standard InChI is InChI=1S/C24H46O11/c1-3-5-6-7-8-9-10-14(4-2)12-32-23-22(31)20(29)18(27)16(35-23)13-33-24-21(30)19(28)17(26)15(11-25)34-24/h14-31H,3-13H2,1-2H3/t14?,15-,16-,17+,18-,19+,20+,21-,22-,23+,24+/m1/s1. The van der Waals surface area contributed by atoms with Crippen LogP contribution in [-0.2, 0) is 18.9 Å². The van der Waals surface area contributed by atoms with Crippen LogP contribution in [0.4, 0.5) is 0 Å². The van der Waals surface area contributed by atoms with Crippen molar-refractivity contribution in [2.24, 2.45) is 5.92 Å². The number of aliphatic hydroxyl groups excluding tert-OH is 7. The Morgan fingerprint density at radius 1 is 0.657 bits per heavy atom. The van der Waals surface area contributed by atoms with Crippen molar-refractivity contribution in [1.82, 2.24) is 0 Å². The molecule has 2 heterocycles. The van der Waals surface area contributed by atoms with E-state index in [1.807, 2.05) is 0 Å². The van der Waals surface area contributed by atoms with Crippen LogP contribution in [0.5, 0.6) is 0 Å². The highest BCUT2D eigenvalue weighted by Gasteiger charge is 2.47. The summed E-state index contributed by atoms with van der Waals surface area (Å²) in [5.74, 6) is 0.268. The summed E-state index contributed by atoms with van der Waals surface area (Å²) in [5, 5.41) is 70.1. The van der Waals surface area contributed by atoms with E-state index in [-0.39, 0.29) is 12.5 Å². The fourth-order valence-corrected chi connectivity index (χ4v) is 4.44. The number of hydrogen-bond donors (Lipinski definition) is 7. The highest BCUT2D eigenvalue weighted by Crippen LogP contribution is 2.27. The summed E-state index contributed by atoms with van der Waals surface area (Å²) >= 11 is 0. The van der Waals surface area contributed by atoms with Gasteiger partial charge in [-0.15, -0.1) is 0 Å². The minimum atomic E-state index is -1.61. The quantitative estimate of drug-likeness (QED) is 0.140. The van der Waals surface area contributed by atoms with Gasteiger partial charge in [-0.1, -0.05) is 58.8 Å². The molecule has 2 aliphatic rings. The molecule has 0 aromatic rings. The Morgan fingerprint density at radius 2 is 1.20 bits per heavy atom. The lowest BCUT2D eigenvalue weighted by atomic mass is 9.97. The Labute approximate surface area is 207 Å². The number of rotatable bonds is 15. The summed E-state index contributed by atoms with van der Waals surface area (Å²) in [6.45, 7) is 3.61. The van der Waals surface area contributed by atoms with Gasteiger partial charge in [0.2, 0.25) is 0 Å². The maximum absolute atomic E-state index is 10.3. The first-order valence-electron chi connectivity index (χ1n) is 13.0. The monoisotopic (exact) mass is 510 g/mol. The molecule has 0 saturated carbocycles. The first-order valence-corrected chi connectivity index (χ1v) is 13.0. The molecule has 0 aromatic heterocycles. The first kappa shape index (κ1) is 30.8. The van der Waals surface area contributed by atoms with Gasteiger partial charge >= 0.3 is 0 Å². The van der Waals surface area contributed by atoms with Crippen LogP contribution in [0.3, 0.4) is 0 Å². The van der Waals surface area contributed by atoms with Gasteiger partial charge in [-0.05, 0) is 12.3 Å². The van der Waals surface area contributed by atoms with Crippen LogP contribution in [0.2, 0.25) is 0 Å². The largest absolute Gasteiger partial charge is 0.394 e. The van der Waals surface area contributed by atoms with Crippen LogP contribution in [0, 0.1) is 5.92 Å². The molecule has 35 heavy (non-hydrogen) atoms. The summed E-state index contributed by atoms with van der Waals surface area (Å²) < 4.78 is 22.2. The van der Waals surface area contributed by atoms with E-state index in [1.165, 1.54) is 32.1 Å². The molecule has 2 rings (SSSR count). The Bertz CT molecular complexity index is 566. The fourth-order valence-electron chi connectivity index (χ4n) is 4.44. The van der Waals surface area contributed by atoms with E-state index in [0.717, 1.165) is 19.3 Å². The summed E-state index contributed by atoms with van der Waals surface area (Å²) in [5.41, 5.74) is 0. The van der Waals surface area contributed by atoms with Crippen LogP contribution < -0.4 is 0 Å². The van der Waals surface area contributed by atoms with Crippen molar-refractivity contribution >= 4 is 0 Å². The highest BCUT2D eigenvalue weighted by molar-refractivity contribution is 4.91. The van der Waals surface area contributed by atoms with E-state index in [2.05, 4.69) is 13.8 Å². The topological polar surface area (TPSA) is 179 Å². The Morgan fingerprint density at radius 3 is 1.80 bits per heavy atom. The number of aliphatic hydroxyl groups is 7. The molecule has 0 aromatic carbocycles. The van der Waals surface area contributed by atoms with Crippen molar-refractivity contribution < 1.29 is 54.7 Å². The van der Waals surface area contributed by atoms with E-state index in [0.29, 0.717) is 6.61 Å². The molecule has 2 aliphatic heterocycles. The van der Waals surface area contributed by atoms with Crippen LogP contribution in [0.25, 0.3) is 0 Å². The van der Waals surface area contributed by atoms with Gasteiger partial charge in [-0.2, -0.15) is 0 Å². The fraction of sp³-hybridized carbons (Fsp3) is 1.00. The van der Waals surface area contributed by atoms with Gasteiger partial charge in [0, 0.05) is 0 Å². The summed E-state index contributed by atoms with van der Waals surface area (Å²) in [6.07, 6.45) is -5.02. The summed E-state index contributed by atoms with van der Waals surface area (Å²) in [6, 6.07) is 0. The predicted octanol–water partition coefficient (Wildman–Crippen LogP) is -0.596. The molecule has 2 saturated heterocycles. The molecule has 0 bridgehead atoms. The third kappa shape index (κ3) is 8.82. The zero-order valence-electron chi connectivity index (χ0n) is 20.9. The second-order valence-electron chi connectivity index (χ2n) is 9.71. The molecule has 11 heteroatoms. The minimum absolute atomic E-state index is 0.268. The van der Waals surface area contributed by atoms with E-state index in [9.17, 15) is 35.7 Å². The second kappa shape index (κ2) is 15.7. The number of ether oxygens (including phenoxy) is 4. The second-order valence-corrected chi connectivity index (χ2v) is 9.71. The molecular formula is C24H46O11. The predicted molar refractivity (Wildman–Crippen MR) is 124 cm³/mol. The highest BCUT2D eigenvalue weighted by atomic mass is 16.7. The van der Waals surface area contributed by atoms with Crippen molar-refractivity contribution in [2.45, 2.75) is 127 Å². The van der Waals surface area contributed by atoms with E-state index in [4.69, 9.17) is 18.9 Å². The average Bonchev–Trinajstić information content (AvgIpc) is 2.86. The molecule has 11 atom stereocenters. The van der Waals surface area contributed by atoms with Gasteiger partial charge in [0.1, 0.15) is 48.8 Å². The van der Waals surface area contributed by atoms with Crippen molar-refractivity contribution in [3.63, 3.8) is 0 Å². The van der Waals surface area contributed by atoms with Crippen LogP contribution in [0.15, 0.2) is 0 Å². The molecule has 2 fully saturated rings. The van der Waals surface area contributed by atoms with Crippen LogP contribution in [0.1, 0.15) is 65.2 Å². The van der Waals surface area contributed by atoms with Crippen molar-refractivity contribution in [1.29, 1.82) is 0 Å². The molecular weight excluding hydrogens is 464 g/mol. The van der Waals surface area contributed by atoms with Gasteiger partial charge in [-0.25, -0.2) is 0 Å². The van der Waals surface area contributed by atoms with Gasteiger partial charge in [0.15, 0.2) is 12.6 Å². The minimum Gasteiger partial charge on any atom is -0.394 e. The third-order valence-corrected chi connectivity index (χ3v) is 6.98. The zero-order valence-corrected chi connectivity index (χ0v) is 20.9. The number of unbranched alkanes of at least 4 members (excludes halogenated alkanes) is 5. The van der Waals surface area contributed by atoms with Crippen molar-refractivity contribution in [3.05, 3.63) is 0 Å². The van der Waals surface area contributed by atoms with Crippen molar-refractivity contribution in [2.75, 3.05) is 19.8 Å². The molecule has 0 amide bonds. The SMILES string of the molecule is CCCCCCCCC(CC)CO[C@H]1O[C@H](CO[C@H]2O[C@H](CO)[C@H](O)[C@H](O)[C@H]2O)[C@@H](O)[C@H](O)[C@H]1O. The summed E-state index contributed by atoms with van der Waals surface area (Å²) in [4.78, 5) is 0. The van der Waals surface area contributed by atoms with Gasteiger partial charge in [-0.3, -0.25) is 0 Å². The molecule has 1 unspecified atom stereocenters. The maximum Gasteiger partial charge on any atom is 0.186 e. The van der Waals surface area contributed by atoms with Crippen LogP contribution in [-0.4, -0.2) is 117 Å². The lowest BCUT2D eigenvalue weighted by Crippen LogP contribution is -2.61. The van der Waals surface area contributed by atoms with Gasteiger partial charge < -0.3 is 54.7 Å². The Kier molecular flexibility index (Phi) is 13.8. The molecule has 11 nitrogen and oxygen atoms in total. The summed E-state index contributed by atoms with van der Waals surface area (Å²) in [7, 11) is 0. The van der Waals surface area contributed by atoms with E-state index < -0.39 is 68.0 Å². The van der Waals surface area contributed by atoms with Crippen LogP contribution >= 0.6 is 0 Å². The molecule has 0 spiro atoms. The molecule has 0 aliphatic carbocycles. The smallest absolute Gasteiger partial charge is 0.186 e. The van der Waals surface area contributed by atoms with Gasteiger partial charge in [0.25, 0.3) is 0 Å². The van der Waals surface area contributed by atoms with E-state index >= 15 is 0 Å². The Balaban J connectivity index is 1.85. The first-order chi connectivity index (χ1) is 16.7. The van der Waals surface area contributed by atoms with E-state index in [1.54, 1.807) is 0 Å². The molecule has 0 radical (unpaired) electrons. The lowest BCUT2D eigenvalue weighted by molar-refractivity contribution is -0.332. The number of hydrogen-bond acceptors (Lipinski definition) is 11. The normalized spacial score (nSPS) is 39.0. The molecule has 7 N–H and O–H groups in total. The average molecular weight is 511 g/mol. The third-order valence-electron chi connectivity index (χ3n) is 6.98. The zero-order chi connectivity index (χ0) is 26.0. The van der Waals surface area contributed by atoms with Crippen molar-refractivity contribution in [3.8, 4) is 0 Å².